The summed E-state index contributed by atoms with van der Waals surface area (Å²) in [5, 5.41) is 4.24. The van der Waals surface area contributed by atoms with E-state index in [4.69, 9.17) is 21.1 Å². The number of nitrogens with one attached hydrogen (secondary N) is 1. The first-order valence-electron chi connectivity index (χ1n) is 7.56. The Balaban J connectivity index is 1.59. The third-order valence-electron chi connectivity index (χ3n) is 4.46. The summed E-state index contributed by atoms with van der Waals surface area (Å²) in [5.41, 5.74) is 1.15. The summed E-state index contributed by atoms with van der Waals surface area (Å²) in [6, 6.07) is 3.99. The monoisotopic (exact) mass is 327 g/mol. The van der Waals surface area contributed by atoms with Crippen LogP contribution in [-0.2, 0) is 6.54 Å². The smallest absolute Gasteiger partial charge is 0.231 e. The topological polar surface area (TPSA) is 30.5 Å². The molecule has 0 spiro atoms. The maximum atomic E-state index is 6.22. The fraction of sp³-hybridized carbons (Fsp3) is 0.625. The highest BCUT2D eigenvalue weighted by molar-refractivity contribution is 8.00. The molecule has 0 atom stereocenters. The molecular weight excluding hydrogens is 306 g/mol. The minimum absolute atomic E-state index is 0.265. The van der Waals surface area contributed by atoms with Crippen molar-refractivity contribution in [1.29, 1.82) is 0 Å². The predicted molar refractivity (Wildman–Crippen MR) is 88.6 cm³/mol. The number of hydrogen-bond donors (Lipinski definition) is 1. The van der Waals surface area contributed by atoms with E-state index < -0.39 is 0 Å². The van der Waals surface area contributed by atoms with Crippen LogP contribution in [0.25, 0.3) is 0 Å². The molecule has 1 N–H and O–H groups in total. The number of benzene rings is 1. The van der Waals surface area contributed by atoms with Crippen molar-refractivity contribution in [2.75, 3.05) is 19.6 Å². The zero-order chi connectivity index (χ0) is 14.7. The second kappa shape index (κ2) is 6.67. The van der Waals surface area contributed by atoms with Gasteiger partial charge >= 0.3 is 0 Å². The standard InChI is InChI=1S/C16H22ClNO2S/c1-21-16(5-3-2-4-6-16)10-18-9-12-7-13(17)15-14(8-12)19-11-20-15/h7-8,18H,2-6,9-11H2,1H3. The van der Waals surface area contributed by atoms with Crippen molar-refractivity contribution in [2.45, 2.75) is 43.4 Å². The molecule has 0 radical (unpaired) electrons. The zero-order valence-electron chi connectivity index (χ0n) is 12.4. The summed E-state index contributed by atoms with van der Waals surface area (Å²) in [6.45, 7) is 2.14. The molecule has 3 rings (SSSR count). The van der Waals surface area contributed by atoms with Crippen LogP contribution in [0.5, 0.6) is 11.5 Å². The zero-order valence-corrected chi connectivity index (χ0v) is 14.0. The van der Waals surface area contributed by atoms with E-state index in [0.29, 0.717) is 15.5 Å². The van der Waals surface area contributed by atoms with E-state index in [2.05, 4.69) is 11.6 Å². The van der Waals surface area contributed by atoms with E-state index >= 15 is 0 Å². The molecule has 1 heterocycles. The largest absolute Gasteiger partial charge is 0.454 e. The van der Waals surface area contributed by atoms with Crippen molar-refractivity contribution in [3.8, 4) is 11.5 Å². The van der Waals surface area contributed by atoms with E-state index in [-0.39, 0.29) is 6.79 Å². The van der Waals surface area contributed by atoms with Crippen molar-refractivity contribution in [1.82, 2.24) is 5.32 Å². The van der Waals surface area contributed by atoms with Crippen LogP contribution in [0.3, 0.4) is 0 Å². The van der Waals surface area contributed by atoms with Gasteiger partial charge in [0.15, 0.2) is 11.5 Å². The Hall–Kier alpha value is -0.580. The van der Waals surface area contributed by atoms with Crippen molar-refractivity contribution < 1.29 is 9.47 Å². The van der Waals surface area contributed by atoms with E-state index in [9.17, 15) is 0 Å². The average molecular weight is 328 g/mol. The summed E-state index contributed by atoms with van der Waals surface area (Å²) >= 11 is 8.24. The number of ether oxygens (including phenoxy) is 2. The van der Waals surface area contributed by atoms with Crippen LogP contribution in [-0.4, -0.2) is 24.3 Å². The summed E-state index contributed by atoms with van der Waals surface area (Å²) in [4.78, 5) is 0. The first-order chi connectivity index (χ1) is 10.2. The Morgan fingerprint density at radius 3 is 2.81 bits per heavy atom. The molecule has 1 saturated carbocycles. The number of halogens is 1. The quantitative estimate of drug-likeness (QED) is 0.877. The Bertz CT molecular complexity index is 503. The predicted octanol–water partition coefficient (Wildman–Crippen LogP) is 4.22. The van der Waals surface area contributed by atoms with Crippen LogP contribution in [0, 0.1) is 0 Å². The van der Waals surface area contributed by atoms with Gasteiger partial charge in [0.25, 0.3) is 0 Å². The van der Waals surface area contributed by atoms with Crippen molar-refractivity contribution in [2.24, 2.45) is 0 Å². The number of fused-ring (bicyclic) bond motifs is 1. The molecule has 1 aromatic carbocycles. The highest BCUT2D eigenvalue weighted by atomic mass is 35.5. The van der Waals surface area contributed by atoms with Gasteiger partial charge in [-0.2, -0.15) is 11.8 Å². The fourth-order valence-electron chi connectivity index (χ4n) is 3.21. The summed E-state index contributed by atoms with van der Waals surface area (Å²) in [5.74, 6) is 1.44. The first-order valence-corrected chi connectivity index (χ1v) is 9.17. The van der Waals surface area contributed by atoms with Crippen molar-refractivity contribution >= 4 is 23.4 Å². The maximum absolute atomic E-state index is 6.22. The molecule has 3 nitrogen and oxygen atoms in total. The number of hydrogen-bond acceptors (Lipinski definition) is 4. The Morgan fingerprint density at radius 2 is 2.05 bits per heavy atom. The molecule has 1 aliphatic carbocycles. The first kappa shape index (κ1) is 15.3. The van der Waals surface area contributed by atoms with Crippen LogP contribution >= 0.6 is 23.4 Å². The van der Waals surface area contributed by atoms with E-state index in [1.54, 1.807) is 0 Å². The molecule has 1 aliphatic heterocycles. The molecule has 1 fully saturated rings. The van der Waals surface area contributed by atoms with Gasteiger partial charge in [-0.15, -0.1) is 0 Å². The van der Waals surface area contributed by atoms with Gasteiger partial charge in [0, 0.05) is 17.8 Å². The Labute approximate surface area is 135 Å². The normalized spacial score (nSPS) is 19.7. The second-order valence-electron chi connectivity index (χ2n) is 5.86. The van der Waals surface area contributed by atoms with Gasteiger partial charge in [0.1, 0.15) is 0 Å². The molecule has 1 aromatic rings. The third-order valence-corrected chi connectivity index (χ3v) is 6.16. The lowest BCUT2D eigenvalue weighted by Gasteiger charge is -2.36. The number of rotatable bonds is 5. The minimum atomic E-state index is 0.265. The van der Waals surface area contributed by atoms with Crippen LogP contribution < -0.4 is 14.8 Å². The lowest BCUT2D eigenvalue weighted by molar-refractivity contribution is 0.174. The summed E-state index contributed by atoms with van der Waals surface area (Å²) in [7, 11) is 0. The van der Waals surface area contributed by atoms with Gasteiger partial charge in [-0.05, 0) is 36.8 Å². The van der Waals surface area contributed by atoms with Gasteiger partial charge in [0.2, 0.25) is 6.79 Å². The summed E-state index contributed by atoms with van der Waals surface area (Å²) in [6.07, 6.45) is 8.99. The Morgan fingerprint density at radius 1 is 1.24 bits per heavy atom. The van der Waals surface area contributed by atoms with Gasteiger partial charge in [-0.3, -0.25) is 0 Å². The highest BCUT2D eigenvalue weighted by Crippen LogP contribution is 2.40. The highest BCUT2D eigenvalue weighted by Gasteiger charge is 2.30. The SMILES string of the molecule is CSC1(CNCc2cc(Cl)c3c(c2)OCO3)CCCCC1. The van der Waals surface area contributed by atoms with Crippen LogP contribution in [0.4, 0.5) is 0 Å². The molecule has 5 heteroatoms. The van der Waals surface area contributed by atoms with Crippen LogP contribution in [0.1, 0.15) is 37.7 Å². The van der Waals surface area contributed by atoms with E-state index in [0.717, 1.165) is 24.4 Å². The average Bonchev–Trinajstić information content (AvgIpc) is 2.97. The summed E-state index contributed by atoms with van der Waals surface area (Å²) < 4.78 is 11.2. The molecule has 21 heavy (non-hydrogen) atoms. The lowest BCUT2D eigenvalue weighted by Crippen LogP contribution is -2.39. The fourth-order valence-corrected chi connectivity index (χ4v) is 4.44. The minimum Gasteiger partial charge on any atom is -0.454 e. The van der Waals surface area contributed by atoms with Crippen molar-refractivity contribution in [3.63, 3.8) is 0 Å². The van der Waals surface area contributed by atoms with Gasteiger partial charge < -0.3 is 14.8 Å². The van der Waals surface area contributed by atoms with Gasteiger partial charge in [0.05, 0.1) is 5.02 Å². The van der Waals surface area contributed by atoms with Crippen LogP contribution in [0.2, 0.25) is 5.02 Å². The second-order valence-corrected chi connectivity index (χ2v) is 7.54. The number of thioether (sulfide) groups is 1. The molecule has 0 saturated heterocycles. The molecule has 0 amide bonds. The van der Waals surface area contributed by atoms with E-state index in [1.165, 1.54) is 32.1 Å². The molecular formula is C16H22ClNO2S. The van der Waals surface area contributed by atoms with Crippen molar-refractivity contribution in [3.05, 3.63) is 22.7 Å². The van der Waals surface area contributed by atoms with Crippen LogP contribution in [0.15, 0.2) is 12.1 Å². The molecule has 0 unspecified atom stereocenters. The Kier molecular flexibility index (Phi) is 4.87. The molecule has 0 aromatic heterocycles. The van der Waals surface area contributed by atoms with E-state index in [1.807, 2.05) is 23.9 Å². The molecule has 2 aliphatic rings. The maximum Gasteiger partial charge on any atom is 0.231 e. The van der Waals surface area contributed by atoms with Gasteiger partial charge in [-0.25, -0.2) is 0 Å². The van der Waals surface area contributed by atoms with Gasteiger partial charge in [-0.1, -0.05) is 30.9 Å². The lowest BCUT2D eigenvalue weighted by atomic mass is 9.88. The molecule has 116 valence electrons. The molecule has 0 bridgehead atoms. The third kappa shape index (κ3) is 3.43.